The molecule has 0 aromatic heterocycles. The molecular formula is C14H14F14. The predicted octanol–water partition coefficient (Wildman–Crippen LogP) is 7.03. The summed E-state index contributed by atoms with van der Waals surface area (Å²) in [6, 6.07) is 0. The van der Waals surface area contributed by atoms with Gasteiger partial charge in [0, 0.05) is 0 Å². The first-order valence-electron chi connectivity index (χ1n) is 7.79. The summed E-state index contributed by atoms with van der Waals surface area (Å²) in [6.07, 6.45) is -0.268. The van der Waals surface area contributed by atoms with Crippen LogP contribution in [0.4, 0.5) is 61.5 Å². The van der Waals surface area contributed by atoms with E-state index in [1.807, 2.05) is 0 Å². The molecular weight excluding hydrogens is 434 g/mol. The van der Waals surface area contributed by atoms with Gasteiger partial charge in [-0.25, -0.2) is 4.39 Å². The van der Waals surface area contributed by atoms with Gasteiger partial charge in [0.25, 0.3) is 0 Å². The van der Waals surface area contributed by atoms with E-state index in [1.54, 1.807) is 0 Å². The molecule has 0 amide bonds. The monoisotopic (exact) mass is 448 g/mol. The highest BCUT2D eigenvalue weighted by Gasteiger charge is 3.05. The maximum absolute atomic E-state index is 13.1. The molecule has 0 atom stereocenters. The Kier molecular flexibility index (Phi) is 6.07. The summed E-state index contributed by atoms with van der Waals surface area (Å²) in [4.78, 5) is 0. The van der Waals surface area contributed by atoms with Gasteiger partial charge in [-0.2, -0.15) is 57.1 Å². The van der Waals surface area contributed by atoms with E-state index in [2.05, 4.69) is 6.92 Å². The molecule has 0 spiro atoms. The first-order chi connectivity index (χ1) is 12.1. The molecule has 2 rings (SSSR count). The summed E-state index contributed by atoms with van der Waals surface area (Å²) in [6.45, 7) is 2.36. The van der Waals surface area contributed by atoms with Gasteiger partial charge < -0.3 is 0 Å². The largest absolute Gasteiger partial charge is 0.435 e. The zero-order valence-corrected chi connectivity index (χ0v) is 13.9. The first-order valence-corrected chi connectivity index (χ1v) is 7.79. The molecule has 0 heterocycles. The second-order valence-corrected chi connectivity index (χ2v) is 6.77. The fourth-order valence-corrected chi connectivity index (χ4v) is 2.88. The van der Waals surface area contributed by atoms with Crippen LogP contribution in [0.5, 0.6) is 0 Å². The lowest BCUT2D eigenvalue weighted by atomic mass is 9.72. The van der Waals surface area contributed by atoms with Crippen molar-refractivity contribution >= 4 is 0 Å². The van der Waals surface area contributed by atoms with Gasteiger partial charge in [0.15, 0.2) is 0 Å². The number of halogens is 14. The SMILES string of the molecule is CC1CCCCC1.FC(F)(F)C1(F)C(F)(F)C(F)(F)C(F)(F)C(F)(F)C1(F)F. The molecule has 2 aliphatic carbocycles. The van der Waals surface area contributed by atoms with Gasteiger partial charge in [-0.1, -0.05) is 39.0 Å². The molecule has 0 radical (unpaired) electrons. The van der Waals surface area contributed by atoms with Crippen molar-refractivity contribution in [1.82, 2.24) is 0 Å². The van der Waals surface area contributed by atoms with Crippen molar-refractivity contribution in [3.63, 3.8) is 0 Å². The molecule has 0 bridgehead atoms. The summed E-state index contributed by atoms with van der Waals surface area (Å²) >= 11 is 0. The number of alkyl halides is 14. The lowest BCUT2D eigenvalue weighted by Crippen LogP contribution is -2.86. The van der Waals surface area contributed by atoms with E-state index in [-0.39, 0.29) is 0 Å². The average Bonchev–Trinajstić information content (AvgIpc) is 2.52. The smallest absolute Gasteiger partial charge is 0.219 e. The van der Waals surface area contributed by atoms with Crippen LogP contribution >= 0.6 is 0 Å². The van der Waals surface area contributed by atoms with Gasteiger partial charge >= 0.3 is 41.5 Å². The Morgan fingerprint density at radius 2 is 0.821 bits per heavy atom. The van der Waals surface area contributed by atoms with E-state index in [1.165, 1.54) is 32.1 Å². The maximum Gasteiger partial charge on any atom is 0.435 e. The second kappa shape index (κ2) is 6.78. The zero-order chi connectivity index (χ0) is 22.6. The van der Waals surface area contributed by atoms with Crippen LogP contribution in [-0.2, 0) is 0 Å². The minimum absolute atomic E-state index is 1.04. The van der Waals surface area contributed by atoms with Crippen LogP contribution in [0, 0.1) is 5.92 Å². The summed E-state index contributed by atoms with van der Waals surface area (Å²) in [5, 5.41) is 0. The fourth-order valence-electron chi connectivity index (χ4n) is 2.88. The van der Waals surface area contributed by atoms with Crippen LogP contribution in [0.1, 0.15) is 39.0 Å². The van der Waals surface area contributed by atoms with Crippen LogP contribution in [0.3, 0.4) is 0 Å². The third-order valence-electron chi connectivity index (χ3n) is 4.73. The van der Waals surface area contributed by atoms with Crippen molar-refractivity contribution in [3.05, 3.63) is 0 Å². The molecule has 0 aromatic rings. The van der Waals surface area contributed by atoms with Crippen molar-refractivity contribution in [1.29, 1.82) is 0 Å². The third kappa shape index (κ3) is 2.94. The Balaban J connectivity index is 0.000000467. The highest BCUT2D eigenvalue weighted by Crippen LogP contribution is 2.72. The van der Waals surface area contributed by atoms with Gasteiger partial charge in [-0.05, 0) is 5.92 Å². The van der Waals surface area contributed by atoms with Gasteiger partial charge in [0.2, 0.25) is 0 Å². The normalized spacial score (nSPS) is 30.1. The lowest BCUT2D eigenvalue weighted by molar-refractivity contribution is -0.515. The second-order valence-electron chi connectivity index (χ2n) is 6.77. The summed E-state index contributed by atoms with van der Waals surface area (Å²) in [5.41, 5.74) is -7.91. The first kappa shape index (κ1) is 25.1. The van der Waals surface area contributed by atoms with E-state index < -0.39 is 41.5 Å². The number of hydrogen-bond acceptors (Lipinski definition) is 0. The zero-order valence-electron chi connectivity index (χ0n) is 13.9. The minimum atomic E-state index is -7.91. The predicted molar refractivity (Wildman–Crippen MR) is 66.9 cm³/mol. The topological polar surface area (TPSA) is 0 Å². The number of hydrogen-bond donors (Lipinski definition) is 0. The highest BCUT2D eigenvalue weighted by atomic mass is 19.4. The van der Waals surface area contributed by atoms with E-state index in [4.69, 9.17) is 0 Å². The Morgan fingerprint density at radius 3 is 1.04 bits per heavy atom. The fraction of sp³-hybridized carbons (Fsp3) is 1.00. The van der Waals surface area contributed by atoms with Crippen LogP contribution in [0.2, 0.25) is 0 Å². The van der Waals surface area contributed by atoms with Crippen LogP contribution < -0.4 is 0 Å². The molecule has 28 heavy (non-hydrogen) atoms. The molecule has 2 saturated carbocycles. The van der Waals surface area contributed by atoms with Crippen molar-refractivity contribution in [3.8, 4) is 0 Å². The van der Waals surface area contributed by atoms with Gasteiger partial charge in [-0.15, -0.1) is 0 Å². The van der Waals surface area contributed by atoms with Crippen LogP contribution in [-0.4, -0.2) is 41.5 Å². The molecule has 2 fully saturated rings. The molecule has 0 aliphatic heterocycles. The summed E-state index contributed by atoms with van der Waals surface area (Å²) < 4.78 is 175. The molecule has 2 aliphatic rings. The van der Waals surface area contributed by atoms with E-state index >= 15 is 0 Å². The lowest BCUT2D eigenvalue weighted by Gasteiger charge is -2.52. The van der Waals surface area contributed by atoms with Crippen LogP contribution in [0.25, 0.3) is 0 Å². The van der Waals surface area contributed by atoms with E-state index in [0.717, 1.165) is 5.92 Å². The molecule has 0 N–H and O–H groups in total. The Hall–Kier alpha value is -0.980. The quantitative estimate of drug-likeness (QED) is 0.349. The Bertz CT molecular complexity index is 525. The minimum Gasteiger partial charge on any atom is -0.219 e. The maximum atomic E-state index is 13.1. The number of rotatable bonds is 0. The standard InChI is InChI=1S/C7F14.C7H14/c8-1(7(19,20)21)2(9,10)4(13,14)6(17,18)5(15,16)3(1,11)12;1-7-5-3-2-4-6-7/h;7H,2-6H2,1H3. The van der Waals surface area contributed by atoms with Crippen molar-refractivity contribution < 1.29 is 61.5 Å². The molecule has 14 heteroatoms. The molecule has 0 unspecified atom stereocenters. The summed E-state index contributed by atoms with van der Waals surface area (Å²) in [7, 11) is 0. The Morgan fingerprint density at radius 1 is 0.536 bits per heavy atom. The average molecular weight is 448 g/mol. The van der Waals surface area contributed by atoms with E-state index in [0.29, 0.717) is 0 Å². The van der Waals surface area contributed by atoms with Crippen molar-refractivity contribution in [2.45, 2.75) is 80.5 Å². The molecule has 0 saturated heterocycles. The van der Waals surface area contributed by atoms with Crippen LogP contribution in [0.15, 0.2) is 0 Å². The van der Waals surface area contributed by atoms with Gasteiger partial charge in [0.05, 0.1) is 0 Å². The van der Waals surface area contributed by atoms with Crippen molar-refractivity contribution in [2.75, 3.05) is 0 Å². The van der Waals surface area contributed by atoms with E-state index in [9.17, 15) is 61.5 Å². The van der Waals surface area contributed by atoms with Gasteiger partial charge in [-0.3, -0.25) is 0 Å². The Labute approximate surface area is 149 Å². The third-order valence-corrected chi connectivity index (χ3v) is 4.73. The highest BCUT2D eigenvalue weighted by molar-refractivity contribution is 5.28. The molecule has 0 aromatic carbocycles. The molecule has 168 valence electrons. The van der Waals surface area contributed by atoms with Crippen molar-refractivity contribution in [2.24, 2.45) is 5.92 Å². The summed E-state index contributed by atoms with van der Waals surface area (Å²) in [5.74, 6) is -37.8. The molecule has 0 nitrogen and oxygen atoms in total. The van der Waals surface area contributed by atoms with Gasteiger partial charge in [0.1, 0.15) is 0 Å².